The Labute approximate surface area is 104 Å². The molecule has 1 aromatic heterocycles. The molecule has 1 heterocycles. The first-order chi connectivity index (χ1) is 7.41. The lowest BCUT2D eigenvalue weighted by molar-refractivity contribution is -0.127. The first kappa shape index (κ1) is 13.0. The van der Waals surface area contributed by atoms with Crippen molar-refractivity contribution in [2.45, 2.75) is 0 Å². The number of carbonyl (C=O) groups excluding carboxylic acids is 1. The summed E-state index contributed by atoms with van der Waals surface area (Å²) in [5, 5.41) is 0.460. The van der Waals surface area contributed by atoms with Gasteiger partial charge in [-0.1, -0.05) is 11.6 Å². The van der Waals surface area contributed by atoms with Crippen LogP contribution in [0, 0.1) is 0 Å². The molecule has 0 radical (unpaired) electrons. The van der Waals surface area contributed by atoms with Gasteiger partial charge in [0.25, 0.3) is 0 Å². The van der Waals surface area contributed by atoms with Crippen LogP contribution in [-0.4, -0.2) is 48.5 Å². The molecule has 1 aromatic rings. The predicted octanol–water partition coefficient (Wildman–Crippen LogP) is 1.31. The molecule has 0 N–H and O–H groups in total. The van der Waals surface area contributed by atoms with Gasteiger partial charge in [-0.15, -0.1) is 0 Å². The van der Waals surface area contributed by atoms with Gasteiger partial charge in [0.15, 0.2) is 5.82 Å². The van der Waals surface area contributed by atoms with Gasteiger partial charge in [0.1, 0.15) is 5.02 Å². The van der Waals surface area contributed by atoms with Crippen LogP contribution in [0.4, 0.5) is 5.82 Å². The molecular formula is C9H12Cl2N4O. The van der Waals surface area contributed by atoms with E-state index in [1.54, 1.807) is 26.0 Å². The third-order valence-corrected chi connectivity index (χ3v) is 2.38. The van der Waals surface area contributed by atoms with Crippen molar-refractivity contribution in [2.75, 3.05) is 32.6 Å². The lowest BCUT2D eigenvalue weighted by atomic mass is 10.4. The van der Waals surface area contributed by atoms with E-state index in [1.165, 1.54) is 11.1 Å². The summed E-state index contributed by atoms with van der Waals surface area (Å²) < 4.78 is 0. The summed E-state index contributed by atoms with van der Waals surface area (Å²) in [5.74, 6) is 0.394. The Bertz CT molecular complexity index is 397. The van der Waals surface area contributed by atoms with Gasteiger partial charge in [0.05, 0.1) is 12.7 Å². The second-order valence-corrected chi connectivity index (χ2v) is 4.20. The van der Waals surface area contributed by atoms with Crippen LogP contribution in [0.1, 0.15) is 0 Å². The molecule has 88 valence electrons. The van der Waals surface area contributed by atoms with Gasteiger partial charge in [-0.25, -0.2) is 4.98 Å². The van der Waals surface area contributed by atoms with Crippen LogP contribution in [0.25, 0.3) is 0 Å². The molecule has 16 heavy (non-hydrogen) atoms. The molecule has 0 bridgehead atoms. The number of aromatic nitrogens is 2. The van der Waals surface area contributed by atoms with E-state index in [0.717, 1.165) is 0 Å². The van der Waals surface area contributed by atoms with E-state index in [0.29, 0.717) is 10.8 Å². The number of amides is 1. The fraction of sp³-hybridized carbons (Fsp3) is 0.444. The zero-order valence-electron chi connectivity index (χ0n) is 9.24. The van der Waals surface area contributed by atoms with E-state index in [-0.39, 0.29) is 17.7 Å². The van der Waals surface area contributed by atoms with Crippen molar-refractivity contribution in [1.82, 2.24) is 14.9 Å². The summed E-state index contributed by atoms with van der Waals surface area (Å²) in [7, 11) is 5.08. The maximum Gasteiger partial charge on any atom is 0.241 e. The summed E-state index contributed by atoms with van der Waals surface area (Å²) >= 11 is 11.6. The zero-order valence-corrected chi connectivity index (χ0v) is 10.7. The molecule has 0 spiro atoms. The van der Waals surface area contributed by atoms with E-state index in [2.05, 4.69) is 9.97 Å². The molecule has 0 saturated heterocycles. The van der Waals surface area contributed by atoms with Crippen molar-refractivity contribution < 1.29 is 4.79 Å². The molecule has 7 heteroatoms. The highest BCUT2D eigenvalue weighted by atomic mass is 35.5. The Morgan fingerprint density at radius 3 is 2.56 bits per heavy atom. The predicted molar refractivity (Wildman–Crippen MR) is 64.0 cm³/mol. The molecule has 5 nitrogen and oxygen atoms in total. The van der Waals surface area contributed by atoms with E-state index in [4.69, 9.17) is 23.2 Å². The summed E-state index contributed by atoms with van der Waals surface area (Å²) in [6.45, 7) is 0.181. The number of rotatable bonds is 3. The van der Waals surface area contributed by atoms with Crippen LogP contribution in [0.2, 0.25) is 10.3 Å². The molecule has 1 rings (SSSR count). The Kier molecular flexibility index (Phi) is 4.32. The number of carbonyl (C=O) groups is 1. The van der Waals surface area contributed by atoms with E-state index in [9.17, 15) is 4.79 Å². The highest BCUT2D eigenvalue weighted by Crippen LogP contribution is 2.22. The quantitative estimate of drug-likeness (QED) is 0.771. The minimum Gasteiger partial charge on any atom is -0.349 e. The Balaban J connectivity index is 2.84. The standard InChI is InChI=1S/C9H12Cl2N4O/c1-14(2)7(16)5-15(3)8-6(10)4-12-9(11)13-8/h4H,5H2,1-3H3. The highest BCUT2D eigenvalue weighted by molar-refractivity contribution is 6.33. The van der Waals surface area contributed by atoms with Crippen molar-refractivity contribution in [3.63, 3.8) is 0 Å². The van der Waals surface area contributed by atoms with Crippen LogP contribution in [-0.2, 0) is 4.79 Å². The Morgan fingerprint density at radius 1 is 1.38 bits per heavy atom. The number of anilines is 1. The molecular weight excluding hydrogens is 251 g/mol. The van der Waals surface area contributed by atoms with Gasteiger partial charge in [-0.3, -0.25) is 4.79 Å². The van der Waals surface area contributed by atoms with Crippen molar-refractivity contribution in [1.29, 1.82) is 0 Å². The van der Waals surface area contributed by atoms with Gasteiger partial charge in [0.2, 0.25) is 11.2 Å². The topological polar surface area (TPSA) is 49.3 Å². The SMILES string of the molecule is CN(C)C(=O)CN(C)c1nc(Cl)ncc1Cl. The second-order valence-electron chi connectivity index (χ2n) is 3.45. The van der Waals surface area contributed by atoms with Crippen LogP contribution in [0.15, 0.2) is 6.20 Å². The average Bonchev–Trinajstić information content (AvgIpc) is 2.21. The van der Waals surface area contributed by atoms with Gasteiger partial charge in [-0.2, -0.15) is 4.98 Å². The zero-order chi connectivity index (χ0) is 12.3. The molecule has 0 unspecified atom stereocenters. The molecule has 0 aliphatic heterocycles. The van der Waals surface area contributed by atoms with E-state index in [1.807, 2.05) is 0 Å². The molecule has 0 aliphatic carbocycles. The molecule has 1 amide bonds. The fourth-order valence-corrected chi connectivity index (χ4v) is 1.39. The number of likely N-dealkylation sites (N-methyl/N-ethyl adjacent to an activating group) is 2. The number of nitrogens with zero attached hydrogens (tertiary/aromatic N) is 4. The molecule has 0 aliphatic rings. The Morgan fingerprint density at radius 2 is 2.00 bits per heavy atom. The maximum atomic E-state index is 11.5. The van der Waals surface area contributed by atoms with Crippen molar-refractivity contribution in [2.24, 2.45) is 0 Å². The van der Waals surface area contributed by atoms with Crippen LogP contribution >= 0.6 is 23.2 Å². The van der Waals surface area contributed by atoms with Gasteiger partial charge in [-0.05, 0) is 11.6 Å². The number of hydrogen-bond donors (Lipinski definition) is 0. The molecule has 0 atom stereocenters. The highest BCUT2D eigenvalue weighted by Gasteiger charge is 2.13. The first-order valence-electron chi connectivity index (χ1n) is 4.51. The number of halogens is 2. The minimum atomic E-state index is -0.0479. The van der Waals surface area contributed by atoms with E-state index < -0.39 is 0 Å². The molecule has 0 fully saturated rings. The van der Waals surface area contributed by atoms with Crippen LogP contribution in [0.5, 0.6) is 0 Å². The average molecular weight is 263 g/mol. The molecule has 0 saturated carbocycles. The Hall–Kier alpha value is -1.07. The fourth-order valence-electron chi connectivity index (χ4n) is 1.02. The van der Waals surface area contributed by atoms with E-state index >= 15 is 0 Å². The van der Waals surface area contributed by atoms with Crippen molar-refractivity contribution >= 4 is 34.9 Å². The third kappa shape index (κ3) is 3.21. The van der Waals surface area contributed by atoms with Gasteiger partial charge in [0, 0.05) is 21.1 Å². The van der Waals surface area contributed by atoms with Crippen molar-refractivity contribution in [3.8, 4) is 0 Å². The second kappa shape index (κ2) is 5.32. The summed E-state index contributed by atoms with van der Waals surface area (Å²) in [5.41, 5.74) is 0. The lowest BCUT2D eigenvalue weighted by Crippen LogP contribution is -2.34. The number of hydrogen-bond acceptors (Lipinski definition) is 4. The third-order valence-electron chi connectivity index (χ3n) is 1.93. The van der Waals surface area contributed by atoms with Gasteiger partial charge < -0.3 is 9.80 Å². The monoisotopic (exact) mass is 262 g/mol. The minimum absolute atomic E-state index is 0.0479. The smallest absolute Gasteiger partial charge is 0.241 e. The summed E-state index contributed by atoms with van der Waals surface area (Å²) in [6, 6.07) is 0. The maximum absolute atomic E-state index is 11.5. The summed E-state index contributed by atoms with van der Waals surface area (Å²) in [6.07, 6.45) is 1.41. The van der Waals surface area contributed by atoms with Crippen LogP contribution < -0.4 is 4.90 Å². The largest absolute Gasteiger partial charge is 0.349 e. The lowest BCUT2D eigenvalue weighted by Gasteiger charge is -2.20. The van der Waals surface area contributed by atoms with Crippen molar-refractivity contribution in [3.05, 3.63) is 16.5 Å². The normalized spacial score (nSPS) is 10.1. The van der Waals surface area contributed by atoms with Crippen LogP contribution in [0.3, 0.4) is 0 Å². The van der Waals surface area contributed by atoms with Gasteiger partial charge >= 0.3 is 0 Å². The summed E-state index contributed by atoms with van der Waals surface area (Å²) in [4.78, 5) is 22.3. The molecule has 0 aromatic carbocycles. The first-order valence-corrected chi connectivity index (χ1v) is 5.26.